The fourth-order valence-corrected chi connectivity index (χ4v) is 2.48. The number of rotatable bonds is 4. The third-order valence-corrected chi connectivity index (χ3v) is 3.87. The molecule has 0 aliphatic carbocycles. The fraction of sp³-hybridized carbons (Fsp3) is 0.417. The van der Waals surface area contributed by atoms with Crippen molar-refractivity contribution < 1.29 is 28.2 Å². The van der Waals surface area contributed by atoms with E-state index >= 15 is 0 Å². The van der Waals surface area contributed by atoms with Crippen LogP contribution in [0.4, 0.5) is 13.2 Å². The molecule has 0 radical (unpaired) electrons. The van der Waals surface area contributed by atoms with Crippen LogP contribution >= 0.6 is 27.7 Å². The van der Waals surface area contributed by atoms with E-state index in [0.29, 0.717) is 0 Å². The number of carbonyl (C=O) groups excluding carboxylic acids is 1. The van der Waals surface area contributed by atoms with E-state index in [2.05, 4.69) is 15.9 Å². The Balaban J connectivity index is 3.03. The van der Waals surface area contributed by atoms with Crippen LogP contribution in [0, 0.1) is 0 Å². The maximum absolute atomic E-state index is 12.9. The van der Waals surface area contributed by atoms with Gasteiger partial charge in [-0.1, -0.05) is 33.8 Å². The largest absolute Gasteiger partial charge is 0.416 e. The van der Waals surface area contributed by atoms with Gasteiger partial charge in [-0.25, -0.2) is 0 Å². The Morgan fingerprint density at radius 2 is 2.00 bits per heavy atom. The van der Waals surface area contributed by atoms with Crippen molar-refractivity contribution in [1.82, 2.24) is 0 Å². The standard InChI is InChI=1S/C12H12BrF3O3S/c1-6(17)20-5-10(18)11(19)8-3-2-7(13)4-9(8)12(14,15)16/h2-4,10-11,18-19H,5H2,1H3. The van der Waals surface area contributed by atoms with Crippen molar-refractivity contribution in [2.24, 2.45) is 0 Å². The Bertz CT molecular complexity index is 493. The van der Waals surface area contributed by atoms with Gasteiger partial charge in [-0.15, -0.1) is 0 Å². The summed E-state index contributed by atoms with van der Waals surface area (Å²) in [6.45, 7) is 1.27. The minimum atomic E-state index is -4.65. The van der Waals surface area contributed by atoms with Crippen molar-refractivity contribution in [2.45, 2.75) is 25.3 Å². The van der Waals surface area contributed by atoms with Gasteiger partial charge in [-0.2, -0.15) is 13.2 Å². The first kappa shape index (κ1) is 17.5. The highest BCUT2D eigenvalue weighted by molar-refractivity contribution is 9.10. The molecule has 0 saturated heterocycles. The Morgan fingerprint density at radius 3 is 2.50 bits per heavy atom. The van der Waals surface area contributed by atoms with Crippen LogP contribution in [0.15, 0.2) is 22.7 Å². The van der Waals surface area contributed by atoms with Crippen LogP contribution in [-0.2, 0) is 11.0 Å². The van der Waals surface area contributed by atoms with Crippen LogP contribution in [0.1, 0.15) is 24.2 Å². The van der Waals surface area contributed by atoms with E-state index in [4.69, 9.17) is 0 Å². The zero-order valence-corrected chi connectivity index (χ0v) is 12.7. The van der Waals surface area contributed by atoms with Crippen LogP contribution in [-0.4, -0.2) is 27.2 Å². The molecule has 8 heteroatoms. The van der Waals surface area contributed by atoms with E-state index in [1.54, 1.807) is 0 Å². The molecule has 112 valence electrons. The van der Waals surface area contributed by atoms with Crippen molar-refractivity contribution in [1.29, 1.82) is 0 Å². The molecular formula is C12H12BrF3O3S. The van der Waals surface area contributed by atoms with E-state index in [1.807, 2.05) is 0 Å². The molecule has 1 aromatic carbocycles. The molecule has 1 rings (SSSR count). The lowest BCUT2D eigenvalue weighted by Gasteiger charge is -2.21. The van der Waals surface area contributed by atoms with Gasteiger partial charge in [-0.3, -0.25) is 4.79 Å². The lowest BCUT2D eigenvalue weighted by molar-refractivity contribution is -0.139. The topological polar surface area (TPSA) is 57.5 Å². The van der Waals surface area contributed by atoms with Crippen molar-refractivity contribution in [3.63, 3.8) is 0 Å². The van der Waals surface area contributed by atoms with Gasteiger partial charge in [0.25, 0.3) is 0 Å². The molecule has 2 unspecified atom stereocenters. The first-order valence-electron chi connectivity index (χ1n) is 5.49. The summed E-state index contributed by atoms with van der Waals surface area (Å²) < 4.78 is 38.9. The second-order valence-electron chi connectivity index (χ2n) is 4.04. The second kappa shape index (κ2) is 6.93. The predicted octanol–water partition coefficient (Wildman–Crippen LogP) is 3.14. The maximum atomic E-state index is 12.9. The summed E-state index contributed by atoms with van der Waals surface area (Å²) in [5.74, 6) is -0.177. The summed E-state index contributed by atoms with van der Waals surface area (Å²) in [6.07, 6.45) is -7.83. The van der Waals surface area contributed by atoms with Crippen molar-refractivity contribution in [3.05, 3.63) is 33.8 Å². The van der Waals surface area contributed by atoms with Gasteiger partial charge >= 0.3 is 6.18 Å². The molecule has 0 spiro atoms. The van der Waals surface area contributed by atoms with Gasteiger partial charge in [0.1, 0.15) is 6.10 Å². The van der Waals surface area contributed by atoms with Crippen LogP contribution in [0.5, 0.6) is 0 Å². The quantitative estimate of drug-likeness (QED) is 0.852. The number of aliphatic hydroxyl groups is 2. The van der Waals surface area contributed by atoms with E-state index in [0.717, 1.165) is 23.9 Å². The number of thioether (sulfide) groups is 1. The van der Waals surface area contributed by atoms with E-state index in [1.165, 1.54) is 13.0 Å². The number of hydrogen-bond acceptors (Lipinski definition) is 4. The molecule has 0 aliphatic rings. The first-order valence-corrected chi connectivity index (χ1v) is 7.27. The lowest BCUT2D eigenvalue weighted by Crippen LogP contribution is -2.24. The summed E-state index contributed by atoms with van der Waals surface area (Å²) in [7, 11) is 0. The Kier molecular flexibility index (Phi) is 6.06. The zero-order chi connectivity index (χ0) is 15.5. The third kappa shape index (κ3) is 4.76. The maximum Gasteiger partial charge on any atom is 0.416 e. The smallest absolute Gasteiger partial charge is 0.389 e. The van der Waals surface area contributed by atoms with Crippen molar-refractivity contribution >= 4 is 32.8 Å². The van der Waals surface area contributed by atoms with Crippen LogP contribution in [0.2, 0.25) is 0 Å². The average molecular weight is 373 g/mol. The average Bonchev–Trinajstić information content (AvgIpc) is 2.33. The van der Waals surface area contributed by atoms with Gasteiger partial charge in [0.2, 0.25) is 0 Å². The molecular weight excluding hydrogens is 361 g/mol. The highest BCUT2D eigenvalue weighted by atomic mass is 79.9. The molecule has 0 saturated carbocycles. The molecule has 0 heterocycles. The summed E-state index contributed by atoms with van der Waals surface area (Å²) in [4.78, 5) is 10.8. The number of aliphatic hydroxyl groups excluding tert-OH is 2. The van der Waals surface area contributed by atoms with Gasteiger partial charge in [0, 0.05) is 17.1 Å². The molecule has 0 aromatic heterocycles. The molecule has 0 aliphatic heterocycles. The number of carbonyl (C=O) groups is 1. The molecule has 2 atom stereocenters. The lowest BCUT2D eigenvalue weighted by atomic mass is 9.99. The van der Waals surface area contributed by atoms with Gasteiger partial charge in [0.15, 0.2) is 5.12 Å². The Labute approximate surface area is 126 Å². The second-order valence-corrected chi connectivity index (χ2v) is 6.16. The SMILES string of the molecule is CC(=O)SCC(O)C(O)c1ccc(Br)cc1C(F)(F)F. The van der Waals surface area contributed by atoms with E-state index in [9.17, 15) is 28.2 Å². The fourth-order valence-electron chi connectivity index (χ4n) is 1.53. The van der Waals surface area contributed by atoms with Crippen molar-refractivity contribution in [3.8, 4) is 0 Å². The number of hydrogen-bond donors (Lipinski definition) is 2. The molecule has 0 bridgehead atoms. The highest BCUT2D eigenvalue weighted by Gasteiger charge is 2.36. The van der Waals surface area contributed by atoms with E-state index < -0.39 is 29.5 Å². The summed E-state index contributed by atoms with van der Waals surface area (Å²) in [5, 5.41) is 19.2. The molecule has 1 aromatic rings. The van der Waals surface area contributed by atoms with Crippen molar-refractivity contribution in [2.75, 3.05) is 5.75 Å². The van der Waals surface area contributed by atoms with Gasteiger partial charge in [0.05, 0.1) is 11.7 Å². The van der Waals surface area contributed by atoms with Gasteiger partial charge < -0.3 is 10.2 Å². The molecule has 0 amide bonds. The third-order valence-electron chi connectivity index (χ3n) is 2.46. The van der Waals surface area contributed by atoms with Crippen LogP contribution < -0.4 is 0 Å². The normalized spacial score (nSPS) is 14.9. The minimum absolute atomic E-state index is 0.177. The summed E-state index contributed by atoms with van der Waals surface area (Å²) in [6, 6.07) is 3.28. The summed E-state index contributed by atoms with van der Waals surface area (Å²) in [5.41, 5.74) is -1.44. The van der Waals surface area contributed by atoms with Crippen LogP contribution in [0.3, 0.4) is 0 Å². The first-order chi connectivity index (χ1) is 9.12. The number of alkyl halides is 3. The highest BCUT2D eigenvalue weighted by Crippen LogP contribution is 2.37. The molecule has 0 fully saturated rings. The number of halogens is 4. The van der Waals surface area contributed by atoms with E-state index in [-0.39, 0.29) is 15.3 Å². The number of benzene rings is 1. The monoisotopic (exact) mass is 372 g/mol. The Hall–Kier alpha value is -0.570. The zero-order valence-electron chi connectivity index (χ0n) is 10.3. The molecule has 2 N–H and O–H groups in total. The molecule has 20 heavy (non-hydrogen) atoms. The van der Waals surface area contributed by atoms with Crippen LogP contribution in [0.25, 0.3) is 0 Å². The Morgan fingerprint density at radius 1 is 1.40 bits per heavy atom. The van der Waals surface area contributed by atoms with Gasteiger partial charge in [-0.05, 0) is 17.7 Å². The predicted molar refractivity (Wildman–Crippen MR) is 73.2 cm³/mol. The minimum Gasteiger partial charge on any atom is -0.389 e. The summed E-state index contributed by atoms with van der Waals surface area (Å²) >= 11 is 3.67. The molecule has 3 nitrogen and oxygen atoms in total.